The van der Waals surface area contributed by atoms with Crippen molar-refractivity contribution < 1.29 is 23.1 Å². The van der Waals surface area contributed by atoms with Crippen molar-refractivity contribution in [3.8, 4) is 0 Å². The van der Waals surface area contributed by atoms with Crippen LogP contribution in [0.4, 0.5) is 0 Å². The quantitative estimate of drug-likeness (QED) is 0.516. The smallest absolute Gasteiger partial charge is 0.341 e. The first-order valence-electron chi connectivity index (χ1n) is 6.85. The number of rotatable bonds is 9. The van der Waals surface area contributed by atoms with Crippen LogP contribution in [0.25, 0.3) is 6.08 Å². The van der Waals surface area contributed by atoms with E-state index in [4.69, 9.17) is 13.8 Å². The van der Waals surface area contributed by atoms with Gasteiger partial charge in [0.2, 0.25) is 0 Å². The van der Waals surface area contributed by atoms with Gasteiger partial charge in [-0.1, -0.05) is 36.4 Å². The first-order valence-corrected chi connectivity index (χ1v) is 8.57. The first kappa shape index (κ1) is 17.6. The fourth-order valence-electron chi connectivity index (χ4n) is 1.62. The monoisotopic (exact) mass is 312 g/mol. The third-order valence-corrected chi connectivity index (χ3v) is 4.37. The number of esters is 1. The van der Waals surface area contributed by atoms with Crippen molar-refractivity contribution in [2.75, 3.05) is 26.0 Å². The molecule has 0 saturated carbocycles. The fourth-order valence-corrected chi connectivity index (χ4v) is 3.07. The van der Waals surface area contributed by atoms with E-state index in [1.54, 1.807) is 19.9 Å². The molecular weight excluding hydrogens is 291 g/mol. The second kappa shape index (κ2) is 9.50. The van der Waals surface area contributed by atoms with E-state index in [9.17, 15) is 9.36 Å². The molecule has 5 nitrogen and oxygen atoms in total. The topological polar surface area (TPSA) is 61.8 Å². The average molecular weight is 312 g/mol. The van der Waals surface area contributed by atoms with E-state index in [2.05, 4.69) is 0 Å². The lowest BCUT2D eigenvalue weighted by atomic mass is 10.2. The maximum absolute atomic E-state index is 12.1. The van der Waals surface area contributed by atoms with Crippen LogP contribution in [0.2, 0.25) is 0 Å². The van der Waals surface area contributed by atoms with Crippen molar-refractivity contribution in [2.24, 2.45) is 0 Å². The molecule has 0 unspecified atom stereocenters. The van der Waals surface area contributed by atoms with Gasteiger partial charge in [0, 0.05) is 0 Å². The summed E-state index contributed by atoms with van der Waals surface area (Å²) >= 11 is 0. The van der Waals surface area contributed by atoms with E-state index in [1.807, 2.05) is 36.4 Å². The van der Waals surface area contributed by atoms with Crippen LogP contribution in [-0.4, -0.2) is 32.0 Å². The molecule has 21 heavy (non-hydrogen) atoms. The molecule has 0 heterocycles. The summed E-state index contributed by atoms with van der Waals surface area (Å²) in [6.45, 7) is 3.95. The molecule has 0 radical (unpaired) electrons. The predicted octanol–water partition coefficient (Wildman–Crippen LogP) is 3.51. The molecule has 6 heteroatoms. The molecule has 0 spiro atoms. The maximum atomic E-state index is 12.1. The SMILES string of the molecule is CCOP(=O)(CC(=O)OC/C=C/c1ccccc1)OCC. The van der Waals surface area contributed by atoms with Gasteiger partial charge in [-0.25, -0.2) is 0 Å². The standard InChI is InChI=1S/C15H21O5P/c1-3-19-21(17,20-4-2)13-15(16)18-12-8-11-14-9-6-5-7-10-14/h5-11H,3-4,12-13H2,1-2H3/b11-8+. The number of benzene rings is 1. The van der Waals surface area contributed by atoms with E-state index in [0.29, 0.717) is 0 Å². The number of hydrogen-bond donors (Lipinski definition) is 0. The number of carbonyl (C=O) groups excluding carboxylic acids is 1. The predicted molar refractivity (Wildman–Crippen MR) is 82.2 cm³/mol. The first-order chi connectivity index (χ1) is 10.1. The Hall–Kier alpha value is -1.42. The summed E-state index contributed by atoms with van der Waals surface area (Å²) in [4.78, 5) is 11.6. The van der Waals surface area contributed by atoms with Crippen molar-refractivity contribution in [1.29, 1.82) is 0 Å². The molecule has 0 saturated heterocycles. The highest BCUT2D eigenvalue weighted by molar-refractivity contribution is 7.54. The lowest BCUT2D eigenvalue weighted by molar-refractivity contribution is -0.139. The Morgan fingerprint density at radius 1 is 1.14 bits per heavy atom. The molecule has 0 aromatic heterocycles. The van der Waals surface area contributed by atoms with Gasteiger partial charge < -0.3 is 13.8 Å². The summed E-state index contributed by atoms with van der Waals surface area (Å²) in [5, 5.41) is 0. The highest BCUT2D eigenvalue weighted by Gasteiger charge is 2.28. The van der Waals surface area contributed by atoms with Crippen molar-refractivity contribution >= 4 is 19.6 Å². The minimum absolute atomic E-state index is 0.117. The van der Waals surface area contributed by atoms with Gasteiger partial charge in [0.1, 0.15) is 12.8 Å². The molecule has 1 aromatic carbocycles. The highest BCUT2D eigenvalue weighted by atomic mass is 31.2. The van der Waals surface area contributed by atoms with Crippen LogP contribution in [0.5, 0.6) is 0 Å². The normalized spacial score (nSPS) is 11.7. The minimum atomic E-state index is -3.38. The molecule has 0 bridgehead atoms. The van der Waals surface area contributed by atoms with Gasteiger partial charge in [-0.2, -0.15) is 0 Å². The summed E-state index contributed by atoms with van der Waals surface area (Å²) in [5.74, 6) is -0.599. The summed E-state index contributed by atoms with van der Waals surface area (Å²) in [6, 6.07) is 9.65. The second-order valence-corrected chi connectivity index (χ2v) is 6.16. The summed E-state index contributed by atoms with van der Waals surface area (Å²) < 4.78 is 27.2. The van der Waals surface area contributed by atoms with Gasteiger partial charge in [0.25, 0.3) is 0 Å². The molecule has 1 aromatic rings. The Morgan fingerprint density at radius 2 is 1.76 bits per heavy atom. The Balaban J connectivity index is 2.39. The zero-order chi connectivity index (χ0) is 15.6. The van der Waals surface area contributed by atoms with Crippen LogP contribution in [0.1, 0.15) is 19.4 Å². The second-order valence-electron chi connectivity index (χ2n) is 4.10. The van der Waals surface area contributed by atoms with Crippen LogP contribution in [0.3, 0.4) is 0 Å². The van der Waals surface area contributed by atoms with Crippen LogP contribution >= 0.6 is 7.60 Å². The molecule has 116 valence electrons. The average Bonchev–Trinajstić information content (AvgIpc) is 2.45. The Morgan fingerprint density at radius 3 is 2.33 bits per heavy atom. The van der Waals surface area contributed by atoms with Crippen molar-refractivity contribution in [2.45, 2.75) is 13.8 Å². The number of ether oxygens (including phenoxy) is 1. The van der Waals surface area contributed by atoms with Crippen LogP contribution in [0, 0.1) is 0 Å². The third kappa shape index (κ3) is 7.23. The van der Waals surface area contributed by atoms with Crippen LogP contribution in [-0.2, 0) is 23.1 Å². The number of carbonyl (C=O) groups is 1. The summed E-state index contributed by atoms with van der Waals surface area (Å²) in [5.41, 5.74) is 1.02. The van der Waals surface area contributed by atoms with Crippen LogP contribution in [0.15, 0.2) is 36.4 Å². The maximum Gasteiger partial charge on any atom is 0.341 e. The van der Waals surface area contributed by atoms with E-state index in [-0.39, 0.29) is 26.0 Å². The Labute approximate surface area is 125 Å². The molecule has 0 atom stereocenters. The number of hydrogen-bond acceptors (Lipinski definition) is 5. The van der Waals surface area contributed by atoms with E-state index in [1.165, 1.54) is 0 Å². The molecule has 0 fully saturated rings. The van der Waals surface area contributed by atoms with Gasteiger partial charge in [0.15, 0.2) is 0 Å². The van der Waals surface area contributed by atoms with E-state index >= 15 is 0 Å². The van der Waals surface area contributed by atoms with Gasteiger partial charge in [-0.05, 0) is 25.5 Å². The largest absolute Gasteiger partial charge is 0.461 e. The fraction of sp³-hybridized carbons (Fsp3) is 0.400. The van der Waals surface area contributed by atoms with E-state index in [0.717, 1.165) is 5.56 Å². The summed E-state index contributed by atoms with van der Waals surface area (Å²) in [6.07, 6.45) is 3.20. The molecule has 0 aliphatic heterocycles. The highest BCUT2D eigenvalue weighted by Crippen LogP contribution is 2.47. The molecule has 0 N–H and O–H groups in total. The van der Waals surface area contributed by atoms with E-state index < -0.39 is 13.6 Å². The van der Waals surface area contributed by atoms with Gasteiger partial charge >= 0.3 is 13.6 Å². The minimum Gasteiger partial charge on any atom is -0.461 e. The molecular formula is C15H21O5P. The van der Waals surface area contributed by atoms with Gasteiger partial charge in [-0.15, -0.1) is 0 Å². The van der Waals surface area contributed by atoms with Crippen LogP contribution < -0.4 is 0 Å². The molecule has 1 rings (SSSR count). The third-order valence-electron chi connectivity index (χ3n) is 2.42. The van der Waals surface area contributed by atoms with Crippen molar-refractivity contribution in [1.82, 2.24) is 0 Å². The summed E-state index contributed by atoms with van der Waals surface area (Å²) in [7, 11) is -3.38. The lowest BCUT2D eigenvalue weighted by Gasteiger charge is -2.15. The van der Waals surface area contributed by atoms with Crippen molar-refractivity contribution in [3.05, 3.63) is 42.0 Å². The zero-order valence-electron chi connectivity index (χ0n) is 12.4. The Kier molecular flexibility index (Phi) is 7.98. The molecule has 0 aliphatic rings. The van der Waals surface area contributed by atoms with Gasteiger partial charge in [0.05, 0.1) is 13.2 Å². The molecule has 0 aliphatic carbocycles. The van der Waals surface area contributed by atoms with Gasteiger partial charge in [-0.3, -0.25) is 9.36 Å². The Bertz CT molecular complexity index is 488. The lowest BCUT2D eigenvalue weighted by Crippen LogP contribution is -2.13. The zero-order valence-corrected chi connectivity index (χ0v) is 13.3. The van der Waals surface area contributed by atoms with Crippen molar-refractivity contribution in [3.63, 3.8) is 0 Å². The molecule has 0 amide bonds.